The van der Waals surface area contributed by atoms with Crippen LogP contribution in [0.2, 0.25) is 0 Å². The topological polar surface area (TPSA) is 97.1 Å². The van der Waals surface area contributed by atoms with Gasteiger partial charge in [-0.1, -0.05) is 30.0 Å². The van der Waals surface area contributed by atoms with Crippen molar-refractivity contribution in [2.24, 2.45) is 0 Å². The average Bonchev–Trinajstić information content (AvgIpc) is 3.20. The highest BCUT2D eigenvalue weighted by atomic mass is 32.2. The van der Waals surface area contributed by atoms with Crippen LogP contribution in [0.25, 0.3) is 0 Å². The van der Waals surface area contributed by atoms with Crippen LogP contribution < -0.4 is 10.6 Å². The lowest BCUT2D eigenvalue weighted by Crippen LogP contribution is -2.24. The number of hydrogen-bond acceptors (Lipinski definition) is 6. The van der Waals surface area contributed by atoms with Crippen molar-refractivity contribution in [3.05, 3.63) is 72.2 Å². The van der Waals surface area contributed by atoms with Crippen molar-refractivity contribution in [1.29, 1.82) is 0 Å². The molecule has 0 fully saturated rings. The molecule has 2 heterocycles. The van der Waals surface area contributed by atoms with Crippen molar-refractivity contribution in [2.75, 3.05) is 11.1 Å². The number of furan rings is 1. The Balaban J connectivity index is 1.45. The Morgan fingerprint density at radius 3 is 2.54 bits per heavy atom. The Kier molecular flexibility index (Phi) is 6.00. The Morgan fingerprint density at radius 1 is 1.00 bits per heavy atom. The maximum Gasteiger partial charge on any atom is 0.256 e. The number of aromatic nitrogens is 2. The van der Waals surface area contributed by atoms with Crippen molar-refractivity contribution in [3.63, 3.8) is 0 Å². The van der Waals surface area contributed by atoms with Crippen molar-refractivity contribution in [3.8, 4) is 0 Å². The lowest BCUT2D eigenvalue weighted by Gasteiger charge is -2.05. The van der Waals surface area contributed by atoms with Gasteiger partial charge in [0.1, 0.15) is 10.8 Å². The largest absolute Gasteiger partial charge is 0.467 e. The van der Waals surface area contributed by atoms with Crippen LogP contribution in [0.15, 0.2) is 70.3 Å². The van der Waals surface area contributed by atoms with E-state index in [4.69, 9.17) is 4.42 Å². The van der Waals surface area contributed by atoms with Crippen LogP contribution in [0.1, 0.15) is 16.1 Å². The summed E-state index contributed by atoms with van der Waals surface area (Å²) < 4.78 is 5.15. The molecule has 132 valence electrons. The molecule has 0 atom stereocenters. The average molecular weight is 368 g/mol. The first-order valence-corrected chi connectivity index (χ1v) is 8.81. The Hall–Kier alpha value is -3.13. The van der Waals surface area contributed by atoms with E-state index in [1.165, 1.54) is 11.8 Å². The zero-order valence-corrected chi connectivity index (χ0v) is 14.5. The number of hydrogen-bond donors (Lipinski definition) is 2. The van der Waals surface area contributed by atoms with Gasteiger partial charge in [0.05, 0.1) is 18.6 Å². The van der Waals surface area contributed by atoms with Crippen LogP contribution in [0, 0.1) is 0 Å². The standard InChI is InChI=1S/C18H16N4O3S/c23-16(19-11-14-7-4-10-25-14)12-26-17-9-8-15(21-22-17)20-18(24)13-5-2-1-3-6-13/h1-10H,11-12H2,(H,19,23)(H,20,21,24). The zero-order valence-electron chi connectivity index (χ0n) is 13.7. The third-order valence-corrected chi connectivity index (χ3v) is 4.23. The molecule has 3 rings (SSSR count). The molecule has 2 aromatic heterocycles. The van der Waals surface area contributed by atoms with E-state index in [2.05, 4.69) is 20.8 Å². The van der Waals surface area contributed by atoms with Crippen LogP contribution >= 0.6 is 11.8 Å². The predicted octanol–water partition coefficient (Wildman–Crippen LogP) is 2.73. The number of anilines is 1. The van der Waals surface area contributed by atoms with Crippen molar-refractivity contribution in [1.82, 2.24) is 15.5 Å². The monoisotopic (exact) mass is 368 g/mol. The highest BCUT2D eigenvalue weighted by Gasteiger charge is 2.08. The van der Waals surface area contributed by atoms with Crippen molar-refractivity contribution in [2.45, 2.75) is 11.6 Å². The van der Waals surface area contributed by atoms with Gasteiger partial charge in [-0.2, -0.15) is 0 Å². The molecule has 0 spiro atoms. The van der Waals surface area contributed by atoms with Gasteiger partial charge in [-0.3, -0.25) is 9.59 Å². The molecule has 7 nitrogen and oxygen atoms in total. The minimum Gasteiger partial charge on any atom is -0.467 e. The molecule has 0 aliphatic carbocycles. The number of carbonyl (C=O) groups is 2. The summed E-state index contributed by atoms with van der Waals surface area (Å²) in [5.41, 5.74) is 0.543. The van der Waals surface area contributed by atoms with Gasteiger partial charge < -0.3 is 15.1 Å². The Labute approximate surface area is 154 Å². The molecule has 0 aliphatic rings. The molecule has 0 radical (unpaired) electrons. The number of benzene rings is 1. The highest BCUT2D eigenvalue weighted by molar-refractivity contribution is 7.99. The van der Waals surface area contributed by atoms with Crippen LogP contribution in [0.5, 0.6) is 0 Å². The van der Waals surface area contributed by atoms with Gasteiger partial charge in [0.15, 0.2) is 5.82 Å². The molecule has 2 N–H and O–H groups in total. The molecular weight excluding hydrogens is 352 g/mol. The maximum atomic E-state index is 12.0. The Morgan fingerprint density at radius 2 is 1.85 bits per heavy atom. The molecule has 0 saturated heterocycles. The van der Waals surface area contributed by atoms with Gasteiger partial charge >= 0.3 is 0 Å². The van der Waals surface area contributed by atoms with E-state index in [-0.39, 0.29) is 17.6 Å². The first kappa shape index (κ1) is 17.7. The second kappa shape index (κ2) is 8.82. The highest BCUT2D eigenvalue weighted by Crippen LogP contribution is 2.15. The van der Waals surface area contributed by atoms with Gasteiger partial charge in [-0.25, -0.2) is 0 Å². The quantitative estimate of drug-likeness (QED) is 0.623. The third kappa shape index (κ3) is 5.18. The third-order valence-electron chi connectivity index (χ3n) is 3.31. The van der Waals surface area contributed by atoms with E-state index in [0.29, 0.717) is 28.7 Å². The number of amides is 2. The van der Waals surface area contributed by atoms with E-state index in [0.717, 1.165) is 0 Å². The van der Waals surface area contributed by atoms with Gasteiger partial charge in [0.25, 0.3) is 5.91 Å². The number of rotatable bonds is 7. The second-order valence-electron chi connectivity index (χ2n) is 5.22. The molecule has 8 heteroatoms. The summed E-state index contributed by atoms with van der Waals surface area (Å²) in [6, 6.07) is 15.8. The second-order valence-corrected chi connectivity index (χ2v) is 6.22. The van der Waals surface area contributed by atoms with Crippen LogP contribution in [0.3, 0.4) is 0 Å². The predicted molar refractivity (Wildman–Crippen MR) is 97.7 cm³/mol. The number of carbonyl (C=O) groups excluding carboxylic acids is 2. The molecule has 0 bridgehead atoms. The summed E-state index contributed by atoms with van der Waals surface area (Å²) in [5.74, 6) is 0.880. The van der Waals surface area contributed by atoms with E-state index in [1.54, 1.807) is 54.8 Å². The van der Waals surface area contributed by atoms with E-state index >= 15 is 0 Å². The fraction of sp³-hybridized carbons (Fsp3) is 0.111. The van der Waals surface area contributed by atoms with E-state index < -0.39 is 0 Å². The maximum absolute atomic E-state index is 12.0. The lowest BCUT2D eigenvalue weighted by molar-refractivity contribution is -0.118. The first-order valence-electron chi connectivity index (χ1n) is 7.83. The summed E-state index contributed by atoms with van der Waals surface area (Å²) in [6.45, 7) is 0.350. The molecule has 26 heavy (non-hydrogen) atoms. The van der Waals surface area contributed by atoms with Crippen molar-refractivity contribution < 1.29 is 14.0 Å². The molecule has 0 aliphatic heterocycles. The van der Waals surface area contributed by atoms with Gasteiger partial charge in [-0.05, 0) is 36.4 Å². The summed E-state index contributed by atoms with van der Waals surface area (Å²) >= 11 is 1.26. The lowest BCUT2D eigenvalue weighted by atomic mass is 10.2. The van der Waals surface area contributed by atoms with Crippen LogP contribution in [-0.4, -0.2) is 27.8 Å². The SMILES string of the molecule is O=C(CSc1ccc(NC(=O)c2ccccc2)nn1)NCc1ccco1. The Bertz CT molecular complexity index is 852. The number of nitrogens with zero attached hydrogens (tertiary/aromatic N) is 2. The minimum absolute atomic E-state index is 0.130. The fourth-order valence-corrected chi connectivity index (χ4v) is 2.67. The summed E-state index contributed by atoms with van der Waals surface area (Å²) in [4.78, 5) is 23.8. The van der Waals surface area contributed by atoms with Gasteiger partial charge in [0, 0.05) is 5.56 Å². The van der Waals surface area contributed by atoms with Crippen molar-refractivity contribution >= 4 is 29.4 Å². The van der Waals surface area contributed by atoms with E-state index in [9.17, 15) is 9.59 Å². The van der Waals surface area contributed by atoms with Crippen LogP contribution in [0.4, 0.5) is 5.82 Å². The van der Waals surface area contributed by atoms with Gasteiger partial charge in [-0.15, -0.1) is 10.2 Å². The fourth-order valence-electron chi connectivity index (χ4n) is 2.03. The minimum atomic E-state index is -0.252. The normalized spacial score (nSPS) is 10.3. The zero-order chi connectivity index (χ0) is 18.2. The summed E-state index contributed by atoms with van der Waals surface area (Å²) in [6.07, 6.45) is 1.56. The molecule has 0 unspecified atom stereocenters. The van der Waals surface area contributed by atoms with E-state index in [1.807, 2.05) is 6.07 Å². The molecule has 1 aromatic carbocycles. The smallest absolute Gasteiger partial charge is 0.256 e. The molecular formula is C18H16N4O3S. The number of nitrogens with one attached hydrogen (secondary N) is 2. The van der Waals surface area contributed by atoms with Crippen LogP contribution in [-0.2, 0) is 11.3 Å². The number of thioether (sulfide) groups is 1. The first-order chi connectivity index (χ1) is 12.7. The molecule has 0 saturated carbocycles. The summed E-state index contributed by atoms with van der Waals surface area (Å²) in [7, 11) is 0. The summed E-state index contributed by atoms with van der Waals surface area (Å²) in [5, 5.41) is 14.0. The molecule has 2 amide bonds. The molecule has 3 aromatic rings. The van der Waals surface area contributed by atoms with Gasteiger partial charge in [0.2, 0.25) is 5.91 Å².